The third-order valence-electron chi connectivity index (χ3n) is 6.55. The van der Waals surface area contributed by atoms with Crippen molar-refractivity contribution in [3.8, 4) is 11.8 Å². The Bertz CT molecular complexity index is 1410. The van der Waals surface area contributed by atoms with Gasteiger partial charge in [-0.1, -0.05) is 12.0 Å². The van der Waals surface area contributed by atoms with E-state index in [1.165, 1.54) is 17.4 Å². The maximum absolute atomic E-state index is 14.3. The van der Waals surface area contributed by atoms with Crippen molar-refractivity contribution < 1.29 is 12.8 Å². The van der Waals surface area contributed by atoms with E-state index < -0.39 is 20.1 Å². The van der Waals surface area contributed by atoms with E-state index in [0.717, 1.165) is 32.2 Å². The summed E-state index contributed by atoms with van der Waals surface area (Å²) in [5.41, 5.74) is 0.281. The third kappa shape index (κ3) is 2.57. The van der Waals surface area contributed by atoms with Gasteiger partial charge in [-0.2, -0.15) is 0 Å². The molecule has 0 radical (unpaired) electrons. The van der Waals surface area contributed by atoms with Crippen LogP contribution in [0.2, 0.25) is 0 Å². The van der Waals surface area contributed by atoms with Gasteiger partial charge in [0.2, 0.25) is 0 Å². The first-order chi connectivity index (χ1) is 14.2. The first-order valence-corrected chi connectivity index (χ1v) is 12.3. The monoisotopic (exact) mass is 440 g/mol. The van der Waals surface area contributed by atoms with Crippen LogP contribution >= 0.6 is 11.3 Å². The Morgan fingerprint density at radius 2 is 1.90 bits per heavy atom. The minimum absolute atomic E-state index is 0.0445. The van der Waals surface area contributed by atoms with Gasteiger partial charge in [0, 0.05) is 20.2 Å². The molecule has 154 valence electrons. The summed E-state index contributed by atoms with van der Waals surface area (Å²) in [7, 11) is -3.45. The Kier molecular flexibility index (Phi) is 4.09. The fourth-order valence-corrected chi connectivity index (χ4v) is 8.33. The normalized spacial score (nSPS) is 24.3. The number of hydrogen-bond donors (Lipinski definition) is 2. The van der Waals surface area contributed by atoms with Crippen molar-refractivity contribution in [2.75, 3.05) is 5.75 Å². The topological polar surface area (TPSA) is 70.0 Å². The molecule has 2 heterocycles. The zero-order chi connectivity index (χ0) is 21.3. The molecule has 1 aliphatic carbocycles. The summed E-state index contributed by atoms with van der Waals surface area (Å²) in [6.07, 6.45) is 1.89. The summed E-state index contributed by atoms with van der Waals surface area (Å²) in [5, 5.41) is 13.6. The molecule has 0 amide bonds. The number of amidine groups is 1. The largest absolute Gasteiger partial charge is 0.362 e. The van der Waals surface area contributed by atoms with Crippen molar-refractivity contribution in [2.24, 2.45) is 0 Å². The molecule has 1 saturated heterocycles. The predicted octanol–water partition coefficient (Wildman–Crippen LogP) is 4.70. The predicted molar refractivity (Wildman–Crippen MR) is 120 cm³/mol. The van der Waals surface area contributed by atoms with E-state index in [4.69, 9.17) is 5.41 Å². The van der Waals surface area contributed by atoms with Crippen molar-refractivity contribution in [2.45, 2.75) is 43.4 Å². The lowest BCUT2D eigenvalue weighted by molar-refractivity contribution is 0.361. The van der Waals surface area contributed by atoms with Crippen LogP contribution in [0.1, 0.15) is 44.2 Å². The molecule has 7 heteroatoms. The number of fused-ring (bicyclic) bond motifs is 3. The highest BCUT2D eigenvalue weighted by Crippen LogP contribution is 2.46. The molecule has 2 aliphatic rings. The molecule has 1 spiro atoms. The van der Waals surface area contributed by atoms with Crippen LogP contribution in [-0.4, -0.2) is 24.8 Å². The highest BCUT2D eigenvalue weighted by molar-refractivity contribution is 7.93. The van der Waals surface area contributed by atoms with E-state index in [9.17, 15) is 12.8 Å². The van der Waals surface area contributed by atoms with Gasteiger partial charge in [-0.15, -0.1) is 17.3 Å². The van der Waals surface area contributed by atoms with Gasteiger partial charge in [-0.05, 0) is 62.9 Å². The second kappa shape index (κ2) is 6.29. The molecule has 1 aliphatic heterocycles. The lowest BCUT2D eigenvalue weighted by Crippen LogP contribution is -2.68. The third-order valence-corrected chi connectivity index (χ3v) is 10.4. The minimum Gasteiger partial charge on any atom is -0.362 e. The molecule has 1 atom stereocenters. The number of thiophene rings is 1. The molecule has 0 unspecified atom stereocenters. The maximum Gasteiger partial charge on any atom is 0.165 e. The Hall–Kier alpha value is -2.43. The highest BCUT2D eigenvalue weighted by Gasteiger charge is 2.59. The van der Waals surface area contributed by atoms with Crippen molar-refractivity contribution in [3.63, 3.8) is 0 Å². The number of benzene rings is 2. The van der Waals surface area contributed by atoms with Crippen LogP contribution < -0.4 is 5.32 Å². The second-order valence-corrected chi connectivity index (χ2v) is 11.8. The lowest BCUT2D eigenvalue weighted by atomic mass is 9.81. The number of sulfone groups is 1. The summed E-state index contributed by atoms with van der Waals surface area (Å²) < 4.78 is 41.4. The summed E-state index contributed by atoms with van der Waals surface area (Å²) in [4.78, 5) is 0. The molecule has 1 aromatic heterocycles. The van der Waals surface area contributed by atoms with Crippen LogP contribution in [0.15, 0.2) is 30.3 Å². The van der Waals surface area contributed by atoms with Gasteiger partial charge in [0.05, 0.1) is 16.9 Å². The van der Waals surface area contributed by atoms with Crippen LogP contribution in [0, 0.1) is 23.1 Å². The molecule has 30 heavy (non-hydrogen) atoms. The fourth-order valence-electron chi connectivity index (χ4n) is 4.69. The maximum atomic E-state index is 14.3. The average molecular weight is 441 g/mol. The van der Waals surface area contributed by atoms with E-state index in [2.05, 4.69) is 17.2 Å². The first kappa shape index (κ1) is 19.5. The van der Waals surface area contributed by atoms with Gasteiger partial charge in [-0.3, -0.25) is 5.41 Å². The highest BCUT2D eigenvalue weighted by atomic mass is 32.2. The second-order valence-electron chi connectivity index (χ2n) is 8.46. The molecule has 4 nitrogen and oxygen atoms in total. The Labute approximate surface area is 178 Å². The van der Waals surface area contributed by atoms with Gasteiger partial charge in [-0.25, -0.2) is 12.8 Å². The van der Waals surface area contributed by atoms with E-state index in [0.29, 0.717) is 18.4 Å². The minimum atomic E-state index is -3.45. The SMILES string of the molecule is CC#Cc1cc2c(cc1F)sc1ccc([C@]3(C)CS(=O)(=O)C4(CCC4)C(=N)N3)cc12. The Balaban J connectivity index is 1.66. The Morgan fingerprint density at radius 3 is 2.53 bits per heavy atom. The molecule has 1 saturated carbocycles. The summed E-state index contributed by atoms with van der Waals surface area (Å²) >= 11 is 1.50. The first-order valence-electron chi connectivity index (χ1n) is 9.88. The molecule has 2 N–H and O–H groups in total. The average Bonchev–Trinajstić information content (AvgIpc) is 2.96. The zero-order valence-corrected chi connectivity index (χ0v) is 18.4. The van der Waals surface area contributed by atoms with Gasteiger partial charge in [0.1, 0.15) is 16.4 Å². The van der Waals surface area contributed by atoms with E-state index >= 15 is 0 Å². The van der Waals surface area contributed by atoms with E-state index in [1.807, 2.05) is 25.1 Å². The number of rotatable bonds is 1. The summed E-state index contributed by atoms with van der Waals surface area (Å²) in [6, 6.07) is 9.12. The lowest BCUT2D eigenvalue weighted by Gasteiger charge is -2.50. The summed E-state index contributed by atoms with van der Waals surface area (Å²) in [6.45, 7) is 3.52. The Morgan fingerprint density at radius 1 is 1.17 bits per heavy atom. The van der Waals surface area contributed by atoms with Gasteiger partial charge < -0.3 is 5.32 Å². The standard InChI is InChI=1S/C23H21FN2O2S2/c1-3-5-14-10-16-17-11-15(6-7-19(17)29-20(16)12-18(14)24)22(2)13-30(27,28)23(8-4-9-23)21(25)26-22/h6-7,10-12H,4,8-9,13H2,1-2H3,(H2,25,26)/t22-/m0/s1. The van der Waals surface area contributed by atoms with Crippen molar-refractivity contribution >= 4 is 47.2 Å². The van der Waals surface area contributed by atoms with E-state index in [1.54, 1.807) is 13.0 Å². The van der Waals surface area contributed by atoms with Crippen molar-refractivity contribution in [1.29, 1.82) is 5.41 Å². The van der Waals surface area contributed by atoms with Crippen LogP contribution in [-0.2, 0) is 15.4 Å². The quantitative estimate of drug-likeness (QED) is 0.539. The summed E-state index contributed by atoms with van der Waals surface area (Å²) in [5.74, 6) is 5.28. The molecule has 3 aromatic rings. The smallest absolute Gasteiger partial charge is 0.165 e. The van der Waals surface area contributed by atoms with Gasteiger partial charge >= 0.3 is 0 Å². The van der Waals surface area contributed by atoms with Gasteiger partial charge in [0.15, 0.2) is 9.84 Å². The van der Waals surface area contributed by atoms with Crippen LogP contribution in [0.5, 0.6) is 0 Å². The zero-order valence-electron chi connectivity index (χ0n) is 16.7. The fraction of sp³-hybridized carbons (Fsp3) is 0.348. The van der Waals surface area contributed by atoms with Crippen molar-refractivity contribution in [3.05, 3.63) is 47.3 Å². The van der Waals surface area contributed by atoms with Crippen LogP contribution in [0.4, 0.5) is 4.39 Å². The van der Waals surface area contributed by atoms with Gasteiger partial charge in [0.25, 0.3) is 0 Å². The molecular formula is C23H21FN2O2S2. The molecule has 5 rings (SSSR count). The molecule has 2 aromatic carbocycles. The molecule has 0 bridgehead atoms. The van der Waals surface area contributed by atoms with Crippen LogP contribution in [0.25, 0.3) is 20.2 Å². The number of halogens is 1. The van der Waals surface area contributed by atoms with Crippen LogP contribution in [0.3, 0.4) is 0 Å². The van der Waals surface area contributed by atoms with Crippen molar-refractivity contribution in [1.82, 2.24) is 5.32 Å². The number of hydrogen-bond acceptors (Lipinski definition) is 4. The number of nitrogens with one attached hydrogen (secondary N) is 2. The molecular weight excluding hydrogens is 419 g/mol. The molecule has 2 fully saturated rings. The van der Waals surface area contributed by atoms with E-state index in [-0.39, 0.29) is 17.4 Å².